The molecular formula is C76H67BrCl2O14. The van der Waals surface area contributed by atoms with Gasteiger partial charge in [-0.05, 0) is 176 Å². The molecule has 0 saturated heterocycles. The Bertz CT molecular complexity index is 4240. The van der Waals surface area contributed by atoms with E-state index in [1.165, 1.54) is 28.5 Å². The highest BCUT2D eigenvalue weighted by Gasteiger charge is 2.26. The van der Waals surface area contributed by atoms with Crippen LogP contribution in [0.5, 0.6) is 69.0 Å². The molecule has 0 spiro atoms. The van der Waals surface area contributed by atoms with Crippen molar-refractivity contribution in [1.82, 2.24) is 0 Å². The van der Waals surface area contributed by atoms with Crippen LogP contribution < -0.4 is 56.8 Å². The van der Waals surface area contributed by atoms with Crippen LogP contribution in [-0.4, -0.2) is 44.4 Å². The number of para-hydroxylation sites is 2. The van der Waals surface area contributed by atoms with Gasteiger partial charge in [-0.3, -0.25) is 4.79 Å². The molecule has 0 bridgehead atoms. The highest BCUT2D eigenvalue weighted by molar-refractivity contribution is 9.11. The molecule has 6 aliphatic rings. The average molecular weight is 1360 g/mol. The smallest absolute Gasteiger partial charge is 0.210 e. The van der Waals surface area contributed by atoms with Crippen molar-refractivity contribution < 1.29 is 66.7 Å². The number of rotatable bonds is 5. The molecule has 93 heavy (non-hydrogen) atoms. The molecule has 14 nitrogen and oxygen atoms in total. The molecule has 0 atom stereocenters. The molecule has 1 N–H and O–H groups in total. The molecule has 0 unspecified atom stereocenters. The van der Waals surface area contributed by atoms with Crippen molar-refractivity contribution in [2.45, 2.75) is 55.4 Å². The average Bonchev–Trinajstić information content (AvgIpc) is 1.05. The lowest BCUT2D eigenvalue weighted by molar-refractivity contribution is -0.106. The van der Waals surface area contributed by atoms with E-state index in [2.05, 4.69) is 29.8 Å². The van der Waals surface area contributed by atoms with Crippen molar-refractivity contribution in [2.75, 3.05) is 33.0 Å². The molecule has 9 aromatic carbocycles. The molecule has 0 amide bonds. The third kappa shape index (κ3) is 16.9. The Hall–Kier alpha value is -9.77. The summed E-state index contributed by atoms with van der Waals surface area (Å²) in [6.45, 7) is 18.5. The van der Waals surface area contributed by atoms with Crippen LogP contribution in [0.3, 0.4) is 0 Å². The minimum absolute atomic E-state index is 0.198. The van der Waals surface area contributed by atoms with E-state index in [4.69, 9.17) is 80.0 Å². The summed E-state index contributed by atoms with van der Waals surface area (Å²) >= 11 is 14.8. The van der Waals surface area contributed by atoms with Gasteiger partial charge in [-0.2, -0.15) is 0 Å². The maximum Gasteiger partial charge on any atom is 0.210 e. The maximum atomic E-state index is 11.2. The first-order valence-electron chi connectivity index (χ1n) is 29.7. The number of aldehydes is 1. The summed E-state index contributed by atoms with van der Waals surface area (Å²) in [5, 5.41) is 10.5. The van der Waals surface area contributed by atoms with Crippen molar-refractivity contribution in [3.8, 4) is 69.0 Å². The number of fused-ring (bicyclic) bond motifs is 6. The lowest BCUT2D eigenvalue weighted by Crippen LogP contribution is -2.15. The largest absolute Gasteiger partial charge is 0.486 e. The van der Waals surface area contributed by atoms with Crippen molar-refractivity contribution in [2.24, 2.45) is 0 Å². The second-order valence-electron chi connectivity index (χ2n) is 21.7. The topological polar surface area (TPSA) is 148 Å². The number of halogens is 3. The Labute approximate surface area is 559 Å². The third-order valence-electron chi connectivity index (χ3n) is 15.0. The van der Waals surface area contributed by atoms with Gasteiger partial charge in [-0.25, -0.2) is 0 Å². The Balaban J connectivity index is 0.000000124. The fraction of sp³-hybridized carbons (Fsp3) is 0.171. The quantitative estimate of drug-likeness (QED) is 0.163. The minimum atomic E-state index is -0.198. The summed E-state index contributed by atoms with van der Waals surface area (Å²) < 4.78 is 67.4. The number of carbonyl (C=O) groups excluding carboxylic acids is 1. The zero-order chi connectivity index (χ0) is 65.5. The van der Waals surface area contributed by atoms with Gasteiger partial charge in [-0.15, -0.1) is 0 Å². The Morgan fingerprint density at radius 3 is 1.16 bits per heavy atom. The van der Waals surface area contributed by atoms with Gasteiger partial charge < -0.3 is 61.9 Å². The molecule has 0 radical (unpaired) electrons. The van der Waals surface area contributed by atoms with E-state index in [1.54, 1.807) is 18.4 Å². The van der Waals surface area contributed by atoms with Gasteiger partial charge in [0.1, 0.15) is 45.6 Å². The van der Waals surface area contributed by atoms with Crippen molar-refractivity contribution in [3.63, 3.8) is 0 Å². The number of hydrogen-bond acceptors (Lipinski definition) is 14. The SMILES string of the molecule is Cc1cc2c(cc1C)OC(Br)=CO2.Cc1cc2c(cc1C)OC(c1ccccc1)=C(C=O)O2.Cc1cc2c(cc1C)OC(c1ccccc1)=C(CO)O2.Cc1cc2c(cc1C)OC(c1ccccc1)=CO2.Clc1cc2c(cc1Cl)OCCO2.c1ccc2c(c1)OCCO2. The van der Waals surface area contributed by atoms with Gasteiger partial charge in [0.2, 0.25) is 10.4 Å². The maximum absolute atomic E-state index is 11.2. The molecule has 0 aliphatic carbocycles. The van der Waals surface area contributed by atoms with Crippen LogP contribution in [0.4, 0.5) is 0 Å². The molecule has 15 rings (SSSR count). The van der Waals surface area contributed by atoms with E-state index < -0.39 is 0 Å². The second-order valence-corrected chi connectivity index (χ2v) is 23.3. The van der Waals surface area contributed by atoms with Crippen LogP contribution in [-0.2, 0) is 4.79 Å². The number of carbonyl (C=O) groups is 1. The lowest BCUT2D eigenvalue weighted by atomic mass is 10.1. The van der Waals surface area contributed by atoms with Crippen molar-refractivity contribution in [3.05, 3.63) is 276 Å². The Kier molecular flexibility index (Phi) is 22.1. The predicted molar refractivity (Wildman–Crippen MR) is 365 cm³/mol. The van der Waals surface area contributed by atoms with Crippen LogP contribution in [0.25, 0.3) is 17.3 Å². The second kappa shape index (κ2) is 31.0. The molecule has 6 heterocycles. The summed E-state index contributed by atoms with van der Waals surface area (Å²) in [6, 6.07) is 55.8. The van der Waals surface area contributed by atoms with E-state index in [0.29, 0.717) is 99.2 Å². The predicted octanol–water partition coefficient (Wildman–Crippen LogP) is 18.6. The summed E-state index contributed by atoms with van der Waals surface area (Å²) in [6.07, 6.45) is 3.88. The first-order valence-corrected chi connectivity index (χ1v) is 31.3. The van der Waals surface area contributed by atoms with E-state index >= 15 is 0 Å². The van der Waals surface area contributed by atoms with E-state index in [1.807, 2.05) is 205 Å². The third-order valence-corrected chi connectivity index (χ3v) is 16.1. The van der Waals surface area contributed by atoms with E-state index in [-0.39, 0.29) is 12.4 Å². The monoisotopic (exact) mass is 1350 g/mol. The molecule has 476 valence electrons. The lowest BCUT2D eigenvalue weighted by Gasteiger charge is -2.24. The van der Waals surface area contributed by atoms with Gasteiger partial charge in [-0.1, -0.05) is 126 Å². The first kappa shape index (κ1) is 66.2. The molecular weight excluding hydrogens is 1290 g/mol. The van der Waals surface area contributed by atoms with E-state index in [0.717, 1.165) is 79.2 Å². The summed E-state index contributed by atoms with van der Waals surface area (Å²) in [7, 11) is 0. The molecule has 17 heteroatoms. The van der Waals surface area contributed by atoms with E-state index in [9.17, 15) is 9.90 Å². The van der Waals surface area contributed by atoms with Gasteiger partial charge >= 0.3 is 0 Å². The molecule has 0 saturated carbocycles. The number of benzene rings is 9. The first-order chi connectivity index (χ1) is 45.0. The fourth-order valence-electron chi connectivity index (χ4n) is 9.43. The summed E-state index contributed by atoms with van der Waals surface area (Å²) in [5.74, 6) is 11.1. The number of aliphatic hydroxyl groups is 1. The van der Waals surface area contributed by atoms with Crippen molar-refractivity contribution in [1.29, 1.82) is 0 Å². The van der Waals surface area contributed by atoms with Crippen LogP contribution >= 0.6 is 39.1 Å². The molecule has 6 aliphatic heterocycles. The normalized spacial score (nSPS) is 13.7. The highest BCUT2D eigenvalue weighted by atomic mass is 79.9. The van der Waals surface area contributed by atoms with Crippen LogP contribution in [0.1, 0.15) is 61.2 Å². The fourth-order valence-corrected chi connectivity index (χ4v) is 10.0. The number of allylic oxidation sites excluding steroid dienone is 1. The highest BCUT2D eigenvalue weighted by Crippen LogP contribution is 2.43. The van der Waals surface area contributed by atoms with Gasteiger partial charge in [0.05, 0.1) is 10.0 Å². The number of hydrogen-bond donors (Lipinski definition) is 1. The number of aliphatic hydroxyl groups excluding tert-OH is 1. The summed E-state index contributed by atoms with van der Waals surface area (Å²) in [5.41, 5.74) is 12.0. The molecule has 0 fully saturated rings. The molecule has 9 aromatic rings. The number of ether oxygens (including phenoxy) is 12. The van der Waals surface area contributed by atoms with Crippen molar-refractivity contribution >= 4 is 62.7 Å². The number of aryl methyl sites for hydroxylation is 8. The molecule has 0 aromatic heterocycles. The van der Waals surface area contributed by atoms with Crippen LogP contribution in [0.2, 0.25) is 10.0 Å². The Morgan fingerprint density at radius 2 is 0.720 bits per heavy atom. The van der Waals surface area contributed by atoms with Gasteiger partial charge in [0.15, 0.2) is 98.3 Å². The summed E-state index contributed by atoms with van der Waals surface area (Å²) in [4.78, 5) is 11.2. The van der Waals surface area contributed by atoms with Gasteiger partial charge in [0.25, 0.3) is 0 Å². The zero-order valence-electron chi connectivity index (χ0n) is 52.4. The Morgan fingerprint density at radius 1 is 0.376 bits per heavy atom. The minimum Gasteiger partial charge on any atom is -0.486 e. The van der Waals surface area contributed by atoms with Crippen LogP contribution in [0.15, 0.2) is 205 Å². The zero-order valence-corrected chi connectivity index (χ0v) is 55.5. The van der Waals surface area contributed by atoms with Crippen LogP contribution in [0, 0.1) is 55.4 Å². The standard InChI is InChI=1S/C17H16O3.C17H14O3.C16H14O2.C10H9BrO2.C8H6Cl2O2.C8H8O2/c2*1-11-8-14-15(9-12(11)2)20-17(16(10-18)19-14)13-6-4-3-5-7-13;1-11-8-14-15(9-12(11)2)18-16(10-17-14)13-6-4-3-5-7-13;1-6-3-8-9(4-7(6)2)13-10(11)5-12-8;9-5-3-7-8(4-6(5)10)12-2-1-11-7;1-2-4-8-7(3-1)9-5-6-10-8/h3-9,18H,10H2,1-2H3;3-10H,1-2H3;3-10H,1-2H3;3-5H,1-2H3;3-4H,1-2H2;1-4H,5-6H2. The van der Waals surface area contributed by atoms with Gasteiger partial charge in [0, 0.05) is 28.8 Å².